The Labute approximate surface area is 109 Å². The third-order valence-corrected chi connectivity index (χ3v) is 2.99. The minimum atomic E-state index is -0.486. The average molecular weight is 273 g/mol. The molecule has 1 aromatic rings. The number of hydrogen-bond donors (Lipinski definition) is 2. The molecule has 0 aliphatic carbocycles. The molecule has 1 aliphatic rings. The van der Waals surface area contributed by atoms with Gasteiger partial charge in [0, 0.05) is 12.1 Å². The first-order chi connectivity index (χ1) is 8.66. The zero-order valence-corrected chi connectivity index (χ0v) is 10.5. The largest absolute Gasteiger partial charge is 0.378 e. The van der Waals surface area contributed by atoms with E-state index in [9.17, 15) is 9.18 Å². The van der Waals surface area contributed by atoms with Crippen molar-refractivity contribution in [1.29, 1.82) is 0 Å². The lowest BCUT2D eigenvalue weighted by molar-refractivity contribution is -0.121. The van der Waals surface area contributed by atoms with Gasteiger partial charge in [-0.25, -0.2) is 4.39 Å². The number of hydrogen-bond acceptors (Lipinski definition) is 3. The van der Waals surface area contributed by atoms with Crippen molar-refractivity contribution in [3.63, 3.8) is 0 Å². The van der Waals surface area contributed by atoms with E-state index in [4.69, 9.17) is 16.3 Å². The maximum Gasteiger partial charge on any atom is 0.234 e. The molecule has 1 amide bonds. The van der Waals surface area contributed by atoms with E-state index in [-0.39, 0.29) is 30.1 Å². The monoisotopic (exact) mass is 272 g/mol. The molecule has 2 rings (SSSR count). The van der Waals surface area contributed by atoms with Gasteiger partial charge >= 0.3 is 0 Å². The maximum atomic E-state index is 13.5. The minimum absolute atomic E-state index is 0.0616. The van der Waals surface area contributed by atoms with Crippen molar-refractivity contribution in [2.45, 2.75) is 12.6 Å². The van der Waals surface area contributed by atoms with E-state index in [2.05, 4.69) is 10.6 Å². The van der Waals surface area contributed by atoms with E-state index < -0.39 is 5.82 Å². The molecule has 0 aromatic heterocycles. The van der Waals surface area contributed by atoms with Crippen molar-refractivity contribution in [2.75, 3.05) is 19.8 Å². The third kappa shape index (κ3) is 3.41. The maximum absolute atomic E-state index is 13.5. The van der Waals surface area contributed by atoms with E-state index in [1.54, 1.807) is 12.1 Å². The predicted molar refractivity (Wildman–Crippen MR) is 65.9 cm³/mol. The van der Waals surface area contributed by atoms with Crippen LogP contribution in [0.25, 0.3) is 0 Å². The molecular formula is C12H14ClFN2O2. The number of halogens is 2. The van der Waals surface area contributed by atoms with Crippen molar-refractivity contribution >= 4 is 17.5 Å². The highest BCUT2D eigenvalue weighted by atomic mass is 35.5. The highest BCUT2D eigenvalue weighted by molar-refractivity contribution is 6.30. The van der Waals surface area contributed by atoms with Gasteiger partial charge in [0.25, 0.3) is 0 Å². The SMILES string of the molecule is O=C(CNC1COC1)NCc1cccc(Cl)c1F. The van der Waals surface area contributed by atoms with Crippen molar-refractivity contribution in [3.8, 4) is 0 Å². The average Bonchev–Trinajstić information content (AvgIpc) is 2.29. The van der Waals surface area contributed by atoms with Crippen molar-refractivity contribution in [3.05, 3.63) is 34.6 Å². The number of ether oxygens (including phenoxy) is 1. The molecule has 1 saturated heterocycles. The summed E-state index contributed by atoms with van der Waals surface area (Å²) in [6.45, 7) is 1.61. The number of carbonyl (C=O) groups is 1. The summed E-state index contributed by atoms with van der Waals surface area (Å²) in [5, 5.41) is 5.72. The Morgan fingerprint density at radius 3 is 2.94 bits per heavy atom. The zero-order valence-electron chi connectivity index (χ0n) is 9.71. The highest BCUT2D eigenvalue weighted by Crippen LogP contribution is 2.17. The number of rotatable bonds is 5. The molecule has 0 bridgehead atoms. The molecule has 2 N–H and O–H groups in total. The summed E-state index contributed by atoms with van der Waals surface area (Å²) < 4.78 is 18.5. The first kappa shape index (κ1) is 13.3. The predicted octanol–water partition coefficient (Wildman–Crippen LogP) is 1.08. The first-order valence-electron chi connectivity index (χ1n) is 5.67. The molecule has 4 nitrogen and oxygen atoms in total. The molecule has 6 heteroatoms. The van der Waals surface area contributed by atoms with Crippen LogP contribution in [0.15, 0.2) is 18.2 Å². The van der Waals surface area contributed by atoms with Crippen LogP contribution in [0.5, 0.6) is 0 Å². The van der Waals surface area contributed by atoms with Gasteiger partial charge in [-0.2, -0.15) is 0 Å². The lowest BCUT2D eigenvalue weighted by Crippen LogP contribution is -2.49. The molecule has 1 heterocycles. The Hall–Kier alpha value is -1.17. The summed E-state index contributed by atoms with van der Waals surface area (Å²) in [7, 11) is 0. The van der Waals surface area contributed by atoms with E-state index in [1.165, 1.54) is 6.07 Å². The Morgan fingerprint density at radius 2 is 2.28 bits per heavy atom. The number of amides is 1. The van der Waals surface area contributed by atoms with Gasteiger partial charge in [0.2, 0.25) is 5.91 Å². The summed E-state index contributed by atoms with van der Waals surface area (Å²) in [5.74, 6) is -0.666. The molecule has 0 atom stereocenters. The van der Waals surface area contributed by atoms with Crippen LogP contribution in [-0.4, -0.2) is 31.7 Å². The fraction of sp³-hybridized carbons (Fsp3) is 0.417. The van der Waals surface area contributed by atoms with Gasteiger partial charge < -0.3 is 15.4 Å². The van der Waals surface area contributed by atoms with Gasteiger partial charge in [0.15, 0.2) is 0 Å². The molecule has 18 heavy (non-hydrogen) atoms. The second kappa shape index (κ2) is 6.13. The van der Waals surface area contributed by atoms with Gasteiger partial charge in [-0.05, 0) is 6.07 Å². The minimum Gasteiger partial charge on any atom is -0.378 e. The lowest BCUT2D eigenvalue weighted by Gasteiger charge is -2.26. The molecule has 0 spiro atoms. The first-order valence-corrected chi connectivity index (χ1v) is 6.05. The second-order valence-corrected chi connectivity index (χ2v) is 4.51. The van der Waals surface area contributed by atoms with Crippen molar-refractivity contribution in [1.82, 2.24) is 10.6 Å². The van der Waals surface area contributed by atoms with Crippen LogP contribution in [0.3, 0.4) is 0 Å². The standard InChI is InChI=1S/C12H14ClFN2O2/c13-10-3-1-2-8(12(10)14)4-16-11(17)5-15-9-6-18-7-9/h1-3,9,15H,4-7H2,(H,16,17). The summed E-state index contributed by atoms with van der Waals surface area (Å²) in [5.41, 5.74) is 0.378. The number of benzene rings is 1. The van der Waals surface area contributed by atoms with Gasteiger partial charge in [-0.3, -0.25) is 4.79 Å². The zero-order chi connectivity index (χ0) is 13.0. The van der Waals surface area contributed by atoms with E-state index >= 15 is 0 Å². The second-order valence-electron chi connectivity index (χ2n) is 4.10. The van der Waals surface area contributed by atoms with Crippen LogP contribution in [0.4, 0.5) is 4.39 Å². The lowest BCUT2D eigenvalue weighted by atomic mass is 10.2. The smallest absolute Gasteiger partial charge is 0.234 e. The topological polar surface area (TPSA) is 50.4 Å². The Balaban J connectivity index is 1.76. The van der Waals surface area contributed by atoms with Gasteiger partial charge in [-0.15, -0.1) is 0 Å². The fourth-order valence-corrected chi connectivity index (χ4v) is 1.73. The Kier molecular flexibility index (Phi) is 4.52. The summed E-state index contributed by atoms with van der Waals surface area (Å²) >= 11 is 5.64. The molecule has 1 aliphatic heterocycles. The summed E-state index contributed by atoms with van der Waals surface area (Å²) in [4.78, 5) is 11.5. The van der Waals surface area contributed by atoms with Crippen LogP contribution in [0, 0.1) is 5.82 Å². The molecule has 0 unspecified atom stereocenters. The number of nitrogens with one attached hydrogen (secondary N) is 2. The van der Waals surface area contributed by atoms with Crippen molar-refractivity contribution < 1.29 is 13.9 Å². The van der Waals surface area contributed by atoms with Crippen LogP contribution in [0.2, 0.25) is 5.02 Å². The normalized spacial score (nSPS) is 15.2. The third-order valence-electron chi connectivity index (χ3n) is 2.70. The highest BCUT2D eigenvalue weighted by Gasteiger charge is 2.18. The molecular weight excluding hydrogens is 259 g/mol. The fourth-order valence-electron chi connectivity index (χ4n) is 1.53. The van der Waals surface area contributed by atoms with E-state index in [0.29, 0.717) is 18.8 Å². The van der Waals surface area contributed by atoms with Crippen LogP contribution in [-0.2, 0) is 16.1 Å². The summed E-state index contributed by atoms with van der Waals surface area (Å²) in [6.07, 6.45) is 0. The quantitative estimate of drug-likeness (QED) is 0.843. The van der Waals surface area contributed by atoms with Crippen LogP contribution in [0.1, 0.15) is 5.56 Å². The van der Waals surface area contributed by atoms with Gasteiger partial charge in [0.1, 0.15) is 5.82 Å². The van der Waals surface area contributed by atoms with Crippen LogP contribution < -0.4 is 10.6 Å². The molecule has 98 valence electrons. The number of carbonyl (C=O) groups excluding carboxylic acids is 1. The Morgan fingerprint density at radius 1 is 1.50 bits per heavy atom. The molecule has 0 radical (unpaired) electrons. The van der Waals surface area contributed by atoms with Gasteiger partial charge in [0.05, 0.1) is 30.8 Å². The van der Waals surface area contributed by atoms with Crippen molar-refractivity contribution in [2.24, 2.45) is 0 Å². The van der Waals surface area contributed by atoms with E-state index in [1.807, 2.05) is 0 Å². The summed E-state index contributed by atoms with van der Waals surface area (Å²) in [6, 6.07) is 4.96. The van der Waals surface area contributed by atoms with Gasteiger partial charge in [-0.1, -0.05) is 23.7 Å². The molecule has 1 fully saturated rings. The molecule has 0 saturated carbocycles. The van der Waals surface area contributed by atoms with E-state index in [0.717, 1.165) is 0 Å². The Bertz CT molecular complexity index is 438. The molecule has 1 aromatic carbocycles. The van der Waals surface area contributed by atoms with Crippen LogP contribution >= 0.6 is 11.6 Å².